The number of benzene rings is 2. The molecule has 2 rings (SSSR count). The Bertz CT molecular complexity index is 564. The van der Waals surface area contributed by atoms with Crippen LogP contribution in [0.5, 0.6) is 0 Å². The summed E-state index contributed by atoms with van der Waals surface area (Å²) in [5.74, 6) is 0. The standard InChI is InChI=1S/C13H10ClNO2/c1-9-8-12(15(16)17)6-7-13(9)10-2-4-11(14)5-3-10/h2-8H,1H3. The van der Waals surface area contributed by atoms with E-state index in [9.17, 15) is 10.1 Å². The lowest BCUT2D eigenvalue weighted by atomic mass is 10.0. The summed E-state index contributed by atoms with van der Waals surface area (Å²) in [5, 5.41) is 11.3. The lowest BCUT2D eigenvalue weighted by Gasteiger charge is -2.05. The van der Waals surface area contributed by atoms with Crippen molar-refractivity contribution in [3.05, 3.63) is 63.2 Å². The smallest absolute Gasteiger partial charge is 0.258 e. The molecule has 0 bridgehead atoms. The summed E-state index contributed by atoms with van der Waals surface area (Å²) in [7, 11) is 0. The monoisotopic (exact) mass is 247 g/mol. The number of non-ortho nitro benzene ring substituents is 1. The molecule has 0 spiro atoms. The molecule has 0 saturated carbocycles. The van der Waals surface area contributed by atoms with Crippen LogP contribution in [0.1, 0.15) is 5.56 Å². The molecule has 0 aliphatic carbocycles. The van der Waals surface area contributed by atoms with E-state index in [1.54, 1.807) is 24.3 Å². The van der Waals surface area contributed by atoms with Gasteiger partial charge in [0, 0.05) is 17.2 Å². The first-order valence-electron chi connectivity index (χ1n) is 5.09. The number of nitro groups is 1. The molecule has 0 heterocycles. The van der Waals surface area contributed by atoms with Crippen molar-refractivity contribution in [1.82, 2.24) is 0 Å². The fraction of sp³-hybridized carbons (Fsp3) is 0.0769. The van der Waals surface area contributed by atoms with Gasteiger partial charge in [0.05, 0.1) is 4.92 Å². The average molecular weight is 248 g/mol. The third-order valence-corrected chi connectivity index (χ3v) is 2.83. The largest absolute Gasteiger partial charge is 0.269 e. The normalized spacial score (nSPS) is 10.2. The van der Waals surface area contributed by atoms with Crippen LogP contribution in [0.15, 0.2) is 42.5 Å². The highest BCUT2D eigenvalue weighted by Gasteiger charge is 2.09. The van der Waals surface area contributed by atoms with E-state index in [1.807, 2.05) is 19.1 Å². The highest BCUT2D eigenvalue weighted by molar-refractivity contribution is 6.30. The van der Waals surface area contributed by atoms with E-state index in [4.69, 9.17) is 11.6 Å². The van der Waals surface area contributed by atoms with Gasteiger partial charge in [-0.05, 0) is 41.8 Å². The molecule has 2 aromatic rings. The molecule has 0 saturated heterocycles. The highest BCUT2D eigenvalue weighted by atomic mass is 35.5. The summed E-state index contributed by atoms with van der Waals surface area (Å²) in [6, 6.07) is 12.3. The number of aryl methyl sites for hydroxylation is 1. The number of halogens is 1. The van der Waals surface area contributed by atoms with E-state index >= 15 is 0 Å². The number of hydrogen-bond acceptors (Lipinski definition) is 2. The predicted octanol–water partition coefficient (Wildman–Crippen LogP) is 4.22. The Hall–Kier alpha value is -1.87. The Balaban J connectivity index is 2.46. The quantitative estimate of drug-likeness (QED) is 0.589. The van der Waals surface area contributed by atoms with Crippen LogP contribution in [0.4, 0.5) is 5.69 Å². The van der Waals surface area contributed by atoms with Crippen LogP contribution in [0.2, 0.25) is 5.02 Å². The molecular weight excluding hydrogens is 238 g/mol. The van der Waals surface area contributed by atoms with E-state index in [2.05, 4.69) is 0 Å². The number of nitrogens with zero attached hydrogens (tertiary/aromatic N) is 1. The Morgan fingerprint density at radius 2 is 1.76 bits per heavy atom. The maximum absolute atomic E-state index is 10.6. The van der Waals surface area contributed by atoms with Crippen molar-refractivity contribution in [1.29, 1.82) is 0 Å². The van der Waals surface area contributed by atoms with Crippen LogP contribution in [0, 0.1) is 17.0 Å². The zero-order chi connectivity index (χ0) is 12.4. The molecule has 0 aromatic heterocycles. The summed E-state index contributed by atoms with van der Waals surface area (Å²) in [5.41, 5.74) is 2.97. The van der Waals surface area contributed by atoms with Gasteiger partial charge in [0.25, 0.3) is 5.69 Å². The first-order valence-corrected chi connectivity index (χ1v) is 5.47. The van der Waals surface area contributed by atoms with Crippen molar-refractivity contribution in [3.8, 4) is 11.1 Å². The Kier molecular flexibility index (Phi) is 3.11. The van der Waals surface area contributed by atoms with Crippen molar-refractivity contribution in [2.45, 2.75) is 6.92 Å². The van der Waals surface area contributed by atoms with Gasteiger partial charge in [0.2, 0.25) is 0 Å². The second kappa shape index (κ2) is 4.55. The van der Waals surface area contributed by atoms with Gasteiger partial charge in [-0.15, -0.1) is 0 Å². The molecule has 0 unspecified atom stereocenters. The van der Waals surface area contributed by atoms with Gasteiger partial charge >= 0.3 is 0 Å². The first-order chi connectivity index (χ1) is 8.08. The van der Waals surface area contributed by atoms with Crippen molar-refractivity contribution in [3.63, 3.8) is 0 Å². The van der Waals surface area contributed by atoms with Gasteiger partial charge in [-0.25, -0.2) is 0 Å². The molecule has 0 aliphatic heterocycles. The van der Waals surface area contributed by atoms with E-state index in [-0.39, 0.29) is 5.69 Å². The molecule has 0 radical (unpaired) electrons. The maximum atomic E-state index is 10.6. The molecule has 0 amide bonds. The van der Waals surface area contributed by atoms with E-state index in [0.29, 0.717) is 5.02 Å². The van der Waals surface area contributed by atoms with Gasteiger partial charge in [-0.1, -0.05) is 23.7 Å². The van der Waals surface area contributed by atoms with Gasteiger partial charge in [-0.3, -0.25) is 10.1 Å². The topological polar surface area (TPSA) is 43.1 Å². The summed E-state index contributed by atoms with van der Waals surface area (Å²) < 4.78 is 0. The van der Waals surface area contributed by atoms with Crippen LogP contribution in [-0.4, -0.2) is 4.92 Å². The third kappa shape index (κ3) is 2.45. The lowest BCUT2D eigenvalue weighted by molar-refractivity contribution is -0.384. The first kappa shape index (κ1) is 11.6. The number of nitro benzene ring substituents is 1. The van der Waals surface area contributed by atoms with Crippen LogP contribution in [0.3, 0.4) is 0 Å². The summed E-state index contributed by atoms with van der Waals surface area (Å²) in [6.45, 7) is 1.86. The second-order valence-electron chi connectivity index (χ2n) is 3.76. The van der Waals surface area contributed by atoms with Gasteiger partial charge in [-0.2, -0.15) is 0 Å². The molecule has 4 heteroatoms. The molecule has 0 fully saturated rings. The second-order valence-corrected chi connectivity index (χ2v) is 4.20. The molecule has 86 valence electrons. The van der Waals surface area contributed by atoms with Crippen LogP contribution in [-0.2, 0) is 0 Å². The zero-order valence-electron chi connectivity index (χ0n) is 9.18. The SMILES string of the molecule is Cc1cc([N+](=O)[O-])ccc1-c1ccc(Cl)cc1. The molecule has 0 N–H and O–H groups in total. The molecular formula is C13H10ClNO2. The van der Waals surface area contributed by atoms with Crippen LogP contribution in [0.25, 0.3) is 11.1 Å². The minimum atomic E-state index is -0.390. The summed E-state index contributed by atoms with van der Waals surface area (Å²) >= 11 is 5.82. The fourth-order valence-electron chi connectivity index (χ4n) is 1.71. The number of hydrogen-bond donors (Lipinski definition) is 0. The minimum absolute atomic E-state index is 0.111. The van der Waals surface area contributed by atoms with Crippen molar-refractivity contribution < 1.29 is 4.92 Å². The molecule has 2 aromatic carbocycles. The van der Waals surface area contributed by atoms with E-state index in [1.165, 1.54) is 6.07 Å². The Morgan fingerprint density at radius 3 is 2.29 bits per heavy atom. The highest BCUT2D eigenvalue weighted by Crippen LogP contribution is 2.27. The van der Waals surface area contributed by atoms with Gasteiger partial charge in [0.15, 0.2) is 0 Å². The number of rotatable bonds is 2. The van der Waals surface area contributed by atoms with Crippen molar-refractivity contribution in [2.24, 2.45) is 0 Å². The molecule has 0 atom stereocenters. The van der Waals surface area contributed by atoms with Gasteiger partial charge < -0.3 is 0 Å². The van der Waals surface area contributed by atoms with E-state index in [0.717, 1.165) is 16.7 Å². The maximum Gasteiger partial charge on any atom is 0.269 e. The Labute approximate surface area is 104 Å². The lowest BCUT2D eigenvalue weighted by Crippen LogP contribution is -1.90. The van der Waals surface area contributed by atoms with Crippen molar-refractivity contribution in [2.75, 3.05) is 0 Å². The van der Waals surface area contributed by atoms with Crippen LogP contribution < -0.4 is 0 Å². The zero-order valence-corrected chi connectivity index (χ0v) is 9.94. The molecule has 3 nitrogen and oxygen atoms in total. The molecule has 17 heavy (non-hydrogen) atoms. The van der Waals surface area contributed by atoms with E-state index < -0.39 is 4.92 Å². The summed E-state index contributed by atoms with van der Waals surface area (Å²) in [4.78, 5) is 10.2. The predicted molar refractivity (Wildman–Crippen MR) is 68.3 cm³/mol. The fourth-order valence-corrected chi connectivity index (χ4v) is 1.84. The van der Waals surface area contributed by atoms with Crippen LogP contribution >= 0.6 is 11.6 Å². The Morgan fingerprint density at radius 1 is 1.12 bits per heavy atom. The molecule has 0 aliphatic rings. The van der Waals surface area contributed by atoms with Crippen molar-refractivity contribution >= 4 is 17.3 Å². The van der Waals surface area contributed by atoms with Gasteiger partial charge in [0.1, 0.15) is 0 Å². The average Bonchev–Trinajstić information content (AvgIpc) is 2.30. The third-order valence-electron chi connectivity index (χ3n) is 2.58. The minimum Gasteiger partial charge on any atom is -0.258 e. The summed E-state index contributed by atoms with van der Waals surface area (Å²) in [6.07, 6.45) is 0.